The number of piperidine rings is 1. The summed E-state index contributed by atoms with van der Waals surface area (Å²) in [5, 5.41) is 15.3. The topological polar surface area (TPSA) is 78.4 Å². The molecule has 3 N–H and O–H groups in total. The number of nitrogens with one attached hydrogen (secondary N) is 2. The van der Waals surface area contributed by atoms with Crippen LogP contribution >= 0.6 is 15.9 Å². The molecule has 1 amide bonds. The Hall–Kier alpha value is -1.40. The third-order valence-electron chi connectivity index (χ3n) is 4.09. The second-order valence-corrected chi connectivity index (χ2v) is 6.28. The Bertz CT molecular complexity index is 554. The van der Waals surface area contributed by atoms with Gasteiger partial charge in [-0.25, -0.2) is 4.79 Å². The molecule has 1 aromatic carbocycles. The molecule has 5 nitrogen and oxygen atoms in total. The molecule has 21 heavy (non-hydrogen) atoms. The summed E-state index contributed by atoms with van der Waals surface area (Å²) in [6.45, 7) is 3.55. The highest BCUT2D eigenvalue weighted by Crippen LogP contribution is 2.32. The number of benzene rings is 1. The monoisotopic (exact) mass is 354 g/mol. The number of carbonyl (C=O) groups is 2. The average Bonchev–Trinajstić information content (AvgIpc) is 2.47. The first kappa shape index (κ1) is 16.0. The van der Waals surface area contributed by atoms with E-state index in [-0.39, 0.29) is 11.5 Å². The van der Waals surface area contributed by atoms with E-state index in [0.29, 0.717) is 12.2 Å². The smallest absolute Gasteiger partial charge is 0.337 e. The Morgan fingerprint density at radius 2 is 2.24 bits per heavy atom. The van der Waals surface area contributed by atoms with Gasteiger partial charge < -0.3 is 15.7 Å². The average molecular weight is 355 g/mol. The van der Waals surface area contributed by atoms with Gasteiger partial charge >= 0.3 is 5.97 Å². The molecule has 1 unspecified atom stereocenters. The molecule has 0 aliphatic carbocycles. The molecular weight excluding hydrogens is 336 g/mol. The number of anilines is 1. The van der Waals surface area contributed by atoms with Crippen LogP contribution in [0.3, 0.4) is 0 Å². The van der Waals surface area contributed by atoms with Crippen LogP contribution in [0.1, 0.15) is 36.5 Å². The minimum atomic E-state index is -1.05. The highest BCUT2D eigenvalue weighted by molar-refractivity contribution is 9.10. The molecule has 0 bridgehead atoms. The number of carboxylic acid groups (broad SMARTS) is 1. The van der Waals surface area contributed by atoms with Crippen LogP contribution in [0.15, 0.2) is 22.7 Å². The summed E-state index contributed by atoms with van der Waals surface area (Å²) in [6, 6.07) is 4.76. The number of hydrogen-bond acceptors (Lipinski definition) is 3. The molecule has 0 saturated carbocycles. The molecule has 1 aliphatic rings. The second kappa shape index (κ2) is 6.58. The molecule has 1 aromatic rings. The van der Waals surface area contributed by atoms with Crippen LogP contribution in [0.2, 0.25) is 0 Å². The SMILES string of the molecule is CCC1(C(=O)Nc2cc(Br)ccc2C(=O)O)CCCNC1. The minimum Gasteiger partial charge on any atom is -0.478 e. The lowest BCUT2D eigenvalue weighted by Crippen LogP contribution is -2.47. The van der Waals surface area contributed by atoms with Gasteiger partial charge in [0.2, 0.25) is 5.91 Å². The maximum Gasteiger partial charge on any atom is 0.337 e. The third kappa shape index (κ3) is 3.44. The van der Waals surface area contributed by atoms with Gasteiger partial charge in [0.1, 0.15) is 0 Å². The Balaban J connectivity index is 2.26. The van der Waals surface area contributed by atoms with Crippen LogP contribution in [0.5, 0.6) is 0 Å². The van der Waals surface area contributed by atoms with Gasteiger partial charge in [0.05, 0.1) is 16.7 Å². The largest absolute Gasteiger partial charge is 0.478 e. The quantitative estimate of drug-likeness (QED) is 0.776. The normalized spacial score (nSPS) is 21.8. The molecule has 114 valence electrons. The van der Waals surface area contributed by atoms with E-state index in [0.717, 1.165) is 30.3 Å². The number of amides is 1. The van der Waals surface area contributed by atoms with Gasteiger partial charge in [0, 0.05) is 11.0 Å². The molecule has 0 aromatic heterocycles. The zero-order valence-corrected chi connectivity index (χ0v) is 13.5. The molecule has 1 atom stereocenters. The van der Waals surface area contributed by atoms with Crippen molar-refractivity contribution >= 4 is 33.5 Å². The molecular formula is C15H19BrN2O3. The fraction of sp³-hybridized carbons (Fsp3) is 0.467. The van der Waals surface area contributed by atoms with Crippen LogP contribution in [-0.4, -0.2) is 30.1 Å². The van der Waals surface area contributed by atoms with Crippen LogP contribution in [0, 0.1) is 5.41 Å². The number of halogens is 1. The lowest BCUT2D eigenvalue weighted by molar-refractivity contribution is -0.126. The van der Waals surface area contributed by atoms with Crippen molar-refractivity contribution in [2.75, 3.05) is 18.4 Å². The Morgan fingerprint density at radius 1 is 1.48 bits per heavy atom. The van der Waals surface area contributed by atoms with E-state index in [1.54, 1.807) is 12.1 Å². The maximum absolute atomic E-state index is 12.6. The zero-order chi connectivity index (χ0) is 15.5. The number of hydrogen-bond donors (Lipinski definition) is 3. The number of carboxylic acids is 1. The van der Waals surface area contributed by atoms with Crippen molar-refractivity contribution in [3.8, 4) is 0 Å². The van der Waals surface area contributed by atoms with Crippen LogP contribution in [0.25, 0.3) is 0 Å². The summed E-state index contributed by atoms with van der Waals surface area (Å²) < 4.78 is 0.732. The van der Waals surface area contributed by atoms with Crippen molar-refractivity contribution in [2.24, 2.45) is 5.41 Å². The molecule has 2 rings (SSSR count). The van der Waals surface area contributed by atoms with E-state index in [4.69, 9.17) is 0 Å². The first-order valence-electron chi connectivity index (χ1n) is 7.03. The minimum absolute atomic E-state index is 0.0987. The third-order valence-corrected chi connectivity index (χ3v) is 4.58. The van der Waals surface area contributed by atoms with E-state index in [1.807, 2.05) is 6.92 Å². The molecule has 1 fully saturated rings. The second-order valence-electron chi connectivity index (χ2n) is 5.36. The van der Waals surface area contributed by atoms with Crippen LogP contribution < -0.4 is 10.6 Å². The highest BCUT2D eigenvalue weighted by atomic mass is 79.9. The summed E-state index contributed by atoms with van der Waals surface area (Å²) >= 11 is 3.31. The van der Waals surface area contributed by atoms with E-state index < -0.39 is 11.4 Å². The molecule has 0 radical (unpaired) electrons. The molecule has 1 aliphatic heterocycles. The fourth-order valence-corrected chi connectivity index (χ4v) is 3.05. The lowest BCUT2D eigenvalue weighted by atomic mass is 9.77. The highest BCUT2D eigenvalue weighted by Gasteiger charge is 2.38. The maximum atomic E-state index is 12.6. The van der Waals surface area contributed by atoms with E-state index in [1.165, 1.54) is 6.07 Å². The van der Waals surface area contributed by atoms with Gasteiger partial charge in [-0.05, 0) is 44.0 Å². The van der Waals surface area contributed by atoms with Crippen LogP contribution in [0.4, 0.5) is 5.69 Å². The molecule has 1 heterocycles. The summed E-state index contributed by atoms with van der Waals surface area (Å²) in [4.78, 5) is 23.9. The standard InChI is InChI=1S/C15H19BrN2O3/c1-2-15(6-3-7-17-9-15)14(21)18-12-8-10(16)4-5-11(12)13(19)20/h4-5,8,17H,2-3,6-7,9H2,1H3,(H,18,21)(H,19,20). The Kier molecular flexibility index (Phi) is 5.00. The summed E-state index contributed by atoms with van der Waals surface area (Å²) in [6.07, 6.45) is 2.49. The van der Waals surface area contributed by atoms with Gasteiger partial charge in [-0.15, -0.1) is 0 Å². The van der Waals surface area contributed by atoms with Gasteiger partial charge in [-0.2, -0.15) is 0 Å². The predicted octanol–water partition coefficient (Wildman–Crippen LogP) is 2.87. The van der Waals surface area contributed by atoms with Crippen molar-refractivity contribution in [3.05, 3.63) is 28.2 Å². The first-order chi connectivity index (χ1) is 9.98. The van der Waals surface area contributed by atoms with Crippen molar-refractivity contribution in [3.63, 3.8) is 0 Å². The van der Waals surface area contributed by atoms with Gasteiger partial charge in [-0.1, -0.05) is 22.9 Å². The van der Waals surface area contributed by atoms with Crippen molar-refractivity contribution in [1.82, 2.24) is 5.32 Å². The van der Waals surface area contributed by atoms with Crippen molar-refractivity contribution in [2.45, 2.75) is 26.2 Å². The number of carbonyl (C=O) groups excluding carboxylic acids is 1. The van der Waals surface area contributed by atoms with E-state index in [2.05, 4.69) is 26.6 Å². The summed E-state index contributed by atoms with van der Waals surface area (Å²) in [5.74, 6) is -1.16. The number of rotatable bonds is 4. The van der Waals surface area contributed by atoms with E-state index >= 15 is 0 Å². The van der Waals surface area contributed by atoms with E-state index in [9.17, 15) is 14.7 Å². The van der Waals surface area contributed by atoms with Gasteiger partial charge in [-0.3, -0.25) is 4.79 Å². The Labute approximate surface area is 132 Å². The summed E-state index contributed by atoms with van der Waals surface area (Å²) in [7, 11) is 0. The first-order valence-corrected chi connectivity index (χ1v) is 7.83. The lowest BCUT2D eigenvalue weighted by Gasteiger charge is -2.35. The Morgan fingerprint density at radius 3 is 2.81 bits per heavy atom. The molecule has 0 spiro atoms. The number of aromatic carboxylic acids is 1. The molecule has 6 heteroatoms. The van der Waals surface area contributed by atoms with Crippen molar-refractivity contribution in [1.29, 1.82) is 0 Å². The van der Waals surface area contributed by atoms with Crippen molar-refractivity contribution < 1.29 is 14.7 Å². The van der Waals surface area contributed by atoms with Crippen LogP contribution in [-0.2, 0) is 4.79 Å². The summed E-state index contributed by atoms with van der Waals surface area (Å²) in [5.41, 5.74) is -0.0297. The van der Waals surface area contributed by atoms with Gasteiger partial charge in [0.15, 0.2) is 0 Å². The van der Waals surface area contributed by atoms with Gasteiger partial charge in [0.25, 0.3) is 0 Å². The molecule has 1 saturated heterocycles. The predicted molar refractivity (Wildman–Crippen MR) is 84.6 cm³/mol. The fourth-order valence-electron chi connectivity index (χ4n) is 2.69. The zero-order valence-electron chi connectivity index (χ0n) is 11.9.